The van der Waals surface area contributed by atoms with Crippen molar-refractivity contribution in [2.75, 3.05) is 26.2 Å². The van der Waals surface area contributed by atoms with Gasteiger partial charge in [0.2, 0.25) is 5.75 Å². The van der Waals surface area contributed by atoms with Crippen molar-refractivity contribution in [2.45, 2.75) is 26.4 Å². The van der Waals surface area contributed by atoms with Gasteiger partial charge in [0.25, 0.3) is 4.92 Å². The Morgan fingerprint density at radius 2 is 1.96 bits per heavy atom. The monoisotopic (exact) mass is 326 g/mol. The van der Waals surface area contributed by atoms with E-state index in [-0.39, 0.29) is 16.4 Å². The van der Waals surface area contributed by atoms with Gasteiger partial charge in [-0.3, -0.25) is 0 Å². The highest BCUT2D eigenvalue weighted by atomic mass is 19.1. The van der Waals surface area contributed by atoms with E-state index in [1.54, 1.807) is 20.8 Å². The summed E-state index contributed by atoms with van der Waals surface area (Å²) in [5, 5.41) is 3.11. The third-order valence-electron chi connectivity index (χ3n) is 3.05. The number of ether oxygens (including phenoxy) is 1. The summed E-state index contributed by atoms with van der Waals surface area (Å²) >= 11 is 0. The van der Waals surface area contributed by atoms with Crippen molar-refractivity contribution in [3.63, 3.8) is 0 Å². The lowest BCUT2D eigenvalue weighted by atomic mass is 10.2. The van der Waals surface area contributed by atoms with Gasteiger partial charge in [0.05, 0.1) is 4.91 Å². The number of carbonyl (C=O) groups excluding carboxylic acids is 1. The normalized spacial score (nSPS) is 15.2. The summed E-state index contributed by atoms with van der Waals surface area (Å²) in [6, 6.07) is 3.31. The minimum absolute atomic E-state index is 0.0650. The molecule has 2 rings (SSSR count). The van der Waals surface area contributed by atoms with Crippen LogP contribution in [0.1, 0.15) is 20.8 Å². The summed E-state index contributed by atoms with van der Waals surface area (Å²) in [7, 11) is 0. The van der Waals surface area contributed by atoms with E-state index >= 15 is 0 Å². The number of nitrogens with one attached hydrogen (secondary N) is 1. The molecule has 1 amide bonds. The first-order valence-corrected chi connectivity index (χ1v) is 7.40. The Hall–Kier alpha value is -2.22. The number of carbonyl (C=O) groups is 1. The van der Waals surface area contributed by atoms with Gasteiger partial charge in [-0.1, -0.05) is 0 Å². The lowest BCUT2D eigenvalue weighted by molar-refractivity contribution is -0.766. The van der Waals surface area contributed by atoms with Crippen LogP contribution in [0.2, 0.25) is 0 Å². The number of halogens is 1. The van der Waals surface area contributed by atoms with E-state index in [2.05, 4.69) is 5.32 Å². The number of piperazine rings is 1. The zero-order valence-electron chi connectivity index (χ0n) is 13.5. The third kappa shape index (κ3) is 4.88. The number of nitrogens with zero attached hydrogens (tertiary/aromatic N) is 2. The molecule has 1 saturated heterocycles. The number of hydrogen-bond donors (Lipinski definition) is 1. The fourth-order valence-electron chi connectivity index (χ4n) is 2.02. The molecule has 1 aliphatic heterocycles. The summed E-state index contributed by atoms with van der Waals surface area (Å²) in [5.74, 6) is -0.784. The summed E-state index contributed by atoms with van der Waals surface area (Å²) < 4.78 is 18.7. The molecule has 1 aliphatic rings. The summed E-state index contributed by atoms with van der Waals surface area (Å²) in [5.41, 5.74) is -0.805. The van der Waals surface area contributed by atoms with Crippen LogP contribution in [0.15, 0.2) is 18.2 Å². The first-order valence-electron chi connectivity index (χ1n) is 7.40. The van der Waals surface area contributed by atoms with Crippen LogP contribution in [0.4, 0.5) is 14.9 Å². The number of rotatable bonds is 3. The molecule has 8 heteroatoms. The van der Waals surface area contributed by atoms with Crippen molar-refractivity contribution in [3.05, 3.63) is 28.9 Å². The SMILES string of the molecule is CC(C)(C)O[N+](=O)c1ccc(F)cc1OC(=O)N1CCNCC1. The Morgan fingerprint density at radius 3 is 2.57 bits per heavy atom. The van der Waals surface area contributed by atoms with E-state index in [1.165, 1.54) is 11.0 Å². The molecule has 1 aromatic carbocycles. The van der Waals surface area contributed by atoms with E-state index in [1.807, 2.05) is 0 Å². The summed E-state index contributed by atoms with van der Waals surface area (Å²) in [4.78, 5) is 31.1. The molecule has 0 atom stereocenters. The largest absolute Gasteiger partial charge is 0.415 e. The Labute approximate surface area is 133 Å². The van der Waals surface area contributed by atoms with Gasteiger partial charge in [-0.2, -0.15) is 0 Å². The van der Waals surface area contributed by atoms with Crippen LogP contribution in [0.5, 0.6) is 5.75 Å². The second-order valence-corrected chi connectivity index (χ2v) is 6.18. The van der Waals surface area contributed by atoms with E-state index in [9.17, 15) is 14.1 Å². The molecule has 126 valence electrons. The van der Waals surface area contributed by atoms with Crippen LogP contribution in [0.3, 0.4) is 0 Å². The first-order chi connectivity index (χ1) is 10.8. The fourth-order valence-corrected chi connectivity index (χ4v) is 2.02. The smallest absolute Gasteiger partial charge is 0.403 e. The van der Waals surface area contributed by atoms with Crippen LogP contribution in [-0.2, 0) is 4.84 Å². The predicted molar refractivity (Wildman–Crippen MR) is 81.0 cm³/mol. The molecule has 23 heavy (non-hydrogen) atoms. The number of hydrogen-bond acceptors (Lipinski definition) is 5. The van der Waals surface area contributed by atoms with Crippen molar-refractivity contribution in [3.8, 4) is 5.75 Å². The summed E-state index contributed by atoms with van der Waals surface area (Å²) in [6.07, 6.45) is -0.623. The summed E-state index contributed by atoms with van der Waals surface area (Å²) in [6.45, 7) is 7.40. The maximum absolute atomic E-state index is 13.5. The highest BCUT2D eigenvalue weighted by Gasteiger charge is 2.31. The molecule has 0 aliphatic carbocycles. The molecule has 0 radical (unpaired) electrons. The second kappa shape index (κ2) is 6.91. The van der Waals surface area contributed by atoms with Gasteiger partial charge in [-0.25, -0.2) is 14.0 Å². The molecule has 1 fully saturated rings. The Bertz CT molecular complexity index is 595. The van der Waals surface area contributed by atoms with Crippen molar-refractivity contribution in [2.24, 2.45) is 0 Å². The zero-order chi connectivity index (χ0) is 17.0. The molecular weight excluding hydrogens is 305 g/mol. The molecule has 1 heterocycles. The van der Waals surface area contributed by atoms with E-state index in [4.69, 9.17) is 9.57 Å². The van der Waals surface area contributed by atoms with E-state index in [0.29, 0.717) is 26.2 Å². The van der Waals surface area contributed by atoms with Crippen LogP contribution < -0.4 is 10.1 Å². The van der Waals surface area contributed by atoms with E-state index in [0.717, 1.165) is 12.1 Å². The van der Waals surface area contributed by atoms with Gasteiger partial charge in [-0.05, 0) is 26.8 Å². The molecule has 0 bridgehead atoms. The van der Waals surface area contributed by atoms with Crippen LogP contribution in [0.25, 0.3) is 0 Å². The molecule has 1 N–H and O–H groups in total. The van der Waals surface area contributed by atoms with Crippen LogP contribution in [-0.4, -0.2) is 47.7 Å². The molecule has 7 nitrogen and oxygen atoms in total. The molecule has 0 spiro atoms. The fraction of sp³-hybridized carbons (Fsp3) is 0.533. The van der Waals surface area contributed by atoms with Gasteiger partial charge < -0.3 is 15.0 Å². The van der Waals surface area contributed by atoms with Gasteiger partial charge >= 0.3 is 11.8 Å². The standard InChI is InChI=1S/C15H21FN3O4/c1-15(2,3)23-19(21)12-5-4-11(16)10-13(12)22-14(20)18-8-6-17-7-9-18/h4-5,10,17H,6-9H2,1-3H3/q+1. The van der Waals surface area contributed by atoms with Gasteiger partial charge in [-0.15, -0.1) is 0 Å². The Morgan fingerprint density at radius 1 is 1.30 bits per heavy atom. The van der Waals surface area contributed by atoms with E-state index < -0.39 is 17.5 Å². The lowest BCUT2D eigenvalue weighted by Crippen LogP contribution is -2.47. The second-order valence-electron chi connectivity index (χ2n) is 6.18. The Kier molecular flexibility index (Phi) is 5.15. The van der Waals surface area contributed by atoms with Gasteiger partial charge in [0.15, 0.2) is 5.60 Å². The maximum Gasteiger partial charge on any atom is 0.415 e. The average Bonchev–Trinajstić information content (AvgIpc) is 2.46. The van der Waals surface area contributed by atoms with Crippen molar-refractivity contribution in [1.82, 2.24) is 10.2 Å². The highest BCUT2D eigenvalue weighted by molar-refractivity contribution is 5.72. The van der Waals surface area contributed by atoms with Crippen molar-refractivity contribution < 1.29 is 23.7 Å². The molecular formula is C15H21FN3O4+. The van der Waals surface area contributed by atoms with Crippen molar-refractivity contribution in [1.29, 1.82) is 0 Å². The maximum atomic E-state index is 13.5. The molecule has 0 aromatic heterocycles. The highest BCUT2D eigenvalue weighted by Crippen LogP contribution is 2.30. The Balaban J connectivity index is 2.18. The number of benzene rings is 1. The molecule has 0 unspecified atom stereocenters. The minimum Gasteiger partial charge on any atom is -0.403 e. The molecule has 1 aromatic rings. The lowest BCUT2D eigenvalue weighted by Gasteiger charge is -2.26. The van der Waals surface area contributed by atoms with Gasteiger partial charge in [0, 0.05) is 38.3 Å². The predicted octanol–water partition coefficient (Wildman–Crippen LogP) is 2.37. The topological polar surface area (TPSA) is 70.9 Å². The molecule has 0 saturated carbocycles. The quantitative estimate of drug-likeness (QED) is 0.864. The number of amides is 1. The van der Waals surface area contributed by atoms with Crippen LogP contribution in [0, 0.1) is 10.7 Å². The van der Waals surface area contributed by atoms with Gasteiger partial charge in [0.1, 0.15) is 5.82 Å². The average molecular weight is 326 g/mol. The zero-order valence-corrected chi connectivity index (χ0v) is 13.5. The first kappa shape index (κ1) is 17.1. The van der Waals surface area contributed by atoms with Crippen molar-refractivity contribution >= 4 is 11.8 Å². The minimum atomic E-state index is -0.740. The third-order valence-corrected chi connectivity index (χ3v) is 3.05. The van der Waals surface area contributed by atoms with Crippen LogP contribution >= 0.6 is 0 Å².